The molecule has 4 N–H and O–H groups in total. The van der Waals surface area contributed by atoms with Crippen molar-refractivity contribution in [2.45, 2.75) is 31.4 Å². The van der Waals surface area contributed by atoms with Crippen LogP contribution in [0.25, 0.3) is 27.8 Å². The van der Waals surface area contributed by atoms with E-state index >= 15 is 0 Å². The lowest BCUT2D eigenvalue weighted by Crippen LogP contribution is -2.45. The van der Waals surface area contributed by atoms with Crippen molar-refractivity contribution in [3.05, 3.63) is 85.7 Å². The molecule has 0 aliphatic carbocycles. The van der Waals surface area contributed by atoms with E-state index in [1.807, 2.05) is 62.9 Å². The number of carbonyl (C=O) groups is 1. The molecule has 0 bridgehead atoms. The van der Waals surface area contributed by atoms with E-state index < -0.39 is 25.1 Å². The van der Waals surface area contributed by atoms with Crippen LogP contribution in [0.2, 0.25) is 0 Å². The molecule has 1 unspecified atom stereocenters. The lowest BCUT2D eigenvalue weighted by molar-refractivity contribution is -0.122. The second kappa shape index (κ2) is 12.3. The van der Waals surface area contributed by atoms with Gasteiger partial charge in [0.1, 0.15) is 12.9 Å². The van der Waals surface area contributed by atoms with E-state index in [1.54, 1.807) is 42.2 Å². The molecule has 228 valence electrons. The van der Waals surface area contributed by atoms with Gasteiger partial charge in [0.15, 0.2) is 6.35 Å². The van der Waals surface area contributed by atoms with Crippen molar-refractivity contribution in [1.29, 1.82) is 0 Å². The molecule has 14 heteroatoms. The first-order valence-corrected chi connectivity index (χ1v) is 14.0. The van der Waals surface area contributed by atoms with Crippen LogP contribution in [0.1, 0.15) is 18.9 Å². The fourth-order valence-electron chi connectivity index (χ4n) is 5.26. The SMILES string of the molecule is O=C(NCC(F)(F)F)Nc1cccc(-n2cnc3cc(-c4cnn(C5CCN(C(O)Nc6cccnc6)CC5)c4)ccc32)c1. The number of alkyl halides is 3. The summed E-state index contributed by atoms with van der Waals surface area (Å²) >= 11 is 0. The average Bonchev–Trinajstić information content (AvgIpc) is 3.68. The number of hydrogen-bond acceptors (Lipinski definition) is 7. The first-order chi connectivity index (χ1) is 21.2. The monoisotopic (exact) mass is 605 g/mol. The zero-order chi connectivity index (χ0) is 30.7. The highest BCUT2D eigenvalue weighted by atomic mass is 19.4. The number of likely N-dealkylation sites (tertiary alicyclic amines) is 1. The van der Waals surface area contributed by atoms with Crippen LogP contribution in [0.15, 0.2) is 85.7 Å². The van der Waals surface area contributed by atoms with E-state index in [2.05, 4.69) is 25.7 Å². The Labute approximate surface area is 250 Å². The lowest BCUT2D eigenvalue weighted by Gasteiger charge is -2.35. The van der Waals surface area contributed by atoms with Crippen molar-refractivity contribution in [2.24, 2.45) is 0 Å². The Kier molecular flexibility index (Phi) is 8.17. The van der Waals surface area contributed by atoms with Crippen LogP contribution in [0.3, 0.4) is 0 Å². The Morgan fingerprint density at radius 3 is 2.61 bits per heavy atom. The predicted octanol–water partition coefficient (Wildman–Crippen LogP) is 4.99. The molecule has 0 saturated carbocycles. The molecule has 1 atom stereocenters. The molecule has 1 saturated heterocycles. The molecule has 5 aromatic rings. The predicted molar refractivity (Wildman–Crippen MR) is 159 cm³/mol. The summed E-state index contributed by atoms with van der Waals surface area (Å²) < 4.78 is 41.0. The van der Waals surface area contributed by atoms with E-state index in [-0.39, 0.29) is 6.04 Å². The third-order valence-electron chi connectivity index (χ3n) is 7.49. The molecule has 1 fully saturated rings. The van der Waals surface area contributed by atoms with E-state index in [1.165, 1.54) is 0 Å². The van der Waals surface area contributed by atoms with E-state index in [9.17, 15) is 23.1 Å². The maximum absolute atomic E-state index is 12.4. The summed E-state index contributed by atoms with van der Waals surface area (Å²) in [5, 5.41) is 22.5. The first-order valence-electron chi connectivity index (χ1n) is 14.0. The van der Waals surface area contributed by atoms with Gasteiger partial charge < -0.3 is 21.1 Å². The van der Waals surface area contributed by atoms with Crippen molar-refractivity contribution >= 4 is 28.4 Å². The van der Waals surface area contributed by atoms with Crippen molar-refractivity contribution in [1.82, 2.24) is 34.5 Å². The number of imidazole rings is 1. The van der Waals surface area contributed by atoms with Crippen LogP contribution in [0.5, 0.6) is 0 Å². The number of anilines is 2. The Morgan fingerprint density at radius 1 is 1.02 bits per heavy atom. The number of hydrogen-bond donors (Lipinski definition) is 4. The van der Waals surface area contributed by atoms with Gasteiger partial charge in [-0.15, -0.1) is 0 Å². The van der Waals surface area contributed by atoms with Crippen LogP contribution < -0.4 is 16.0 Å². The third kappa shape index (κ3) is 6.82. The van der Waals surface area contributed by atoms with Crippen molar-refractivity contribution in [2.75, 3.05) is 30.3 Å². The van der Waals surface area contributed by atoms with E-state index in [4.69, 9.17) is 0 Å². The molecule has 0 spiro atoms. The Bertz CT molecular complexity index is 1730. The normalized spacial score (nSPS) is 15.3. The Morgan fingerprint density at radius 2 is 1.84 bits per heavy atom. The van der Waals surface area contributed by atoms with E-state index in [0.717, 1.165) is 40.7 Å². The van der Waals surface area contributed by atoms with Crippen LogP contribution in [0.4, 0.5) is 29.3 Å². The number of carbonyl (C=O) groups excluding carboxylic acids is 1. The topological polar surface area (TPSA) is 125 Å². The standard InChI is InChI=1S/C30H30F3N9O2/c31-30(32,33)18-35-28(43)38-22-3-1-5-25(14-22)41-19-36-26-13-20(6-7-27(26)41)21-15-37-42(17-21)24-8-11-40(12-9-24)29(44)39-23-4-2-10-34-16-23/h1-7,10,13-17,19,24,29,39,44H,8-9,11-12,18H2,(H2,35,38,43). The molecule has 3 aromatic heterocycles. The van der Waals surface area contributed by atoms with Gasteiger partial charge in [0.05, 0.1) is 35.2 Å². The summed E-state index contributed by atoms with van der Waals surface area (Å²) in [6.07, 6.45) is 5.29. The number of fused-ring (bicyclic) bond motifs is 1. The fourth-order valence-corrected chi connectivity index (χ4v) is 5.26. The molecule has 1 aliphatic heterocycles. The van der Waals surface area contributed by atoms with Gasteiger partial charge in [-0.1, -0.05) is 12.1 Å². The summed E-state index contributed by atoms with van der Waals surface area (Å²) in [6, 6.07) is 15.6. The van der Waals surface area contributed by atoms with Gasteiger partial charge in [-0.05, 0) is 60.9 Å². The Balaban J connectivity index is 1.10. The van der Waals surface area contributed by atoms with Gasteiger partial charge in [0.2, 0.25) is 0 Å². The average molecular weight is 606 g/mol. The number of pyridine rings is 1. The van der Waals surface area contributed by atoms with Gasteiger partial charge in [-0.2, -0.15) is 18.3 Å². The van der Waals surface area contributed by atoms with Crippen LogP contribution in [0, 0.1) is 0 Å². The minimum atomic E-state index is -4.49. The second-order valence-electron chi connectivity index (χ2n) is 10.5. The van der Waals surface area contributed by atoms with E-state index in [0.29, 0.717) is 24.5 Å². The molecular formula is C30H30F3N9O2. The minimum absolute atomic E-state index is 0.213. The number of nitrogens with zero attached hydrogens (tertiary/aromatic N) is 6. The molecule has 6 rings (SSSR count). The molecule has 44 heavy (non-hydrogen) atoms. The summed E-state index contributed by atoms with van der Waals surface area (Å²) in [5.74, 6) is 0. The van der Waals surface area contributed by atoms with Gasteiger partial charge >= 0.3 is 12.2 Å². The summed E-state index contributed by atoms with van der Waals surface area (Å²) in [4.78, 5) is 22.5. The zero-order valence-electron chi connectivity index (χ0n) is 23.4. The number of halogens is 3. The molecular weight excluding hydrogens is 575 g/mol. The van der Waals surface area contributed by atoms with Crippen molar-refractivity contribution in [3.8, 4) is 16.8 Å². The van der Waals surface area contributed by atoms with Gasteiger partial charge in [-0.3, -0.25) is 19.1 Å². The number of aliphatic hydroxyl groups is 1. The van der Waals surface area contributed by atoms with Gasteiger partial charge in [0, 0.05) is 42.4 Å². The summed E-state index contributed by atoms with van der Waals surface area (Å²) in [7, 11) is 0. The number of benzene rings is 2. The number of rotatable bonds is 8. The lowest BCUT2D eigenvalue weighted by atomic mass is 10.1. The molecule has 4 heterocycles. The molecule has 1 aliphatic rings. The Hall–Kier alpha value is -4.95. The zero-order valence-corrected chi connectivity index (χ0v) is 23.4. The maximum atomic E-state index is 12.4. The molecule has 0 radical (unpaired) electrons. The number of urea groups is 1. The third-order valence-corrected chi connectivity index (χ3v) is 7.49. The van der Waals surface area contributed by atoms with Crippen LogP contribution in [-0.2, 0) is 0 Å². The number of aromatic nitrogens is 5. The van der Waals surface area contributed by atoms with Crippen molar-refractivity contribution < 1.29 is 23.1 Å². The number of piperidine rings is 1. The van der Waals surface area contributed by atoms with Crippen LogP contribution in [-0.4, -0.2) is 72.5 Å². The van der Waals surface area contributed by atoms with Crippen molar-refractivity contribution in [3.63, 3.8) is 0 Å². The molecule has 2 amide bonds. The second-order valence-corrected chi connectivity index (χ2v) is 10.5. The fraction of sp³-hybridized carbons (Fsp3) is 0.267. The number of amides is 2. The highest BCUT2D eigenvalue weighted by molar-refractivity contribution is 5.90. The quantitative estimate of drug-likeness (QED) is 0.184. The summed E-state index contributed by atoms with van der Waals surface area (Å²) in [6.45, 7) is 0.0136. The molecule has 11 nitrogen and oxygen atoms in total. The highest BCUT2D eigenvalue weighted by Gasteiger charge is 2.28. The number of aliphatic hydroxyl groups excluding tert-OH is 1. The number of nitrogens with one attached hydrogen (secondary N) is 3. The van der Waals surface area contributed by atoms with Crippen LogP contribution >= 0.6 is 0 Å². The maximum Gasteiger partial charge on any atom is 0.405 e. The largest absolute Gasteiger partial charge is 0.405 e. The van der Waals surface area contributed by atoms with Gasteiger partial charge in [-0.25, -0.2) is 9.78 Å². The smallest absolute Gasteiger partial charge is 0.361 e. The molecule has 2 aromatic carbocycles. The first kappa shape index (κ1) is 29.1. The summed E-state index contributed by atoms with van der Waals surface area (Å²) in [5.41, 5.74) is 5.29. The van der Waals surface area contributed by atoms with Gasteiger partial charge in [0.25, 0.3) is 0 Å². The highest BCUT2D eigenvalue weighted by Crippen LogP contribution is 2.29. The minimum Gasteiger partial charge on any atom is -0.361 e.